The van der Waals surface area contributed by atoms with Crippen molar-refractivity contribution < 1.29 is 5.11 Å². The van der Waals surface area contributed by atoms with Gasteiger partial charge in [0.1, 0.15) is 6.07 Å². The fourth-order valence-electron chi connectivity index (χ4n) is 4.52. The Hall–Kier alpha value is -3.22. The molecule has 38 heavy (non-hydrogen) atoms. The van der Waals surface area contributed by atoms with E-state index in [1.54, 1.807) is 6.20 Å². The molecule has 1 atom stereocenters. The molecule has 2 aromatic carbocycles. The van der Waals surface area contributed by atoms with Crippen molar-refractivity contribution in [1.82, 2.24) is 21.0 Å². The number of rotatable bonds is 8. The fourth-order valence-corrected chi connectivity index (χ4v) is 5.03. The second-order valence-electron chi connectivity index (χ2n) is 11.1. The highest BCUT2D eigenvalue weighted by atomic mass is 35.5. The number of hydrogen-bond acceptors (Lipinski definition) is 8. The Kier molecular flexibility index (Phi) is 7.05. The van der Waals surface area contributed by atoms with Crippen molar-refractivity contribution in [1.29, 1.82) is 5.26 Å². The van der Waals surface area contributed by atoms with Gasteiger partial charge in [-0.15, -0.1) is 5.53 Å². The van der Waals surface area contributed by atoms with E-state index >= 15 is 0 Å². The van der Waals surface area contributed by atoms with Gasteiger partial charge in [0.15, 0.2) is 0 Å². The summed E-state index contributed by atoms with van der Waals surface area (Å²) in [5, 5.41) is 30.5. The van der Waals surface area contributed by atoms with Crippen molar-refractivity contribution in [2.24, 2.45) is 5.41 Å². The molecular formula is C28H31Cl2N7O. The van der Waals surface area contributed by atoms with Gasteiger partial charge >= 0.3 is 0 Å². The maximum atomic E-state index is 9.91. The highest BCUT2D eigenvalue weighted by molar-refractivity contribution is 6.36. The number of anilines is 2. The van der Waals surface area contributed by atoms with Gasteiger partial charge in [-0.05, 0) is 42.0 Å². The molecule has 0 bridgehead atoms. The Morgan fingerprint density at radius 2 is 1.97 bits per heavy atom. The first-order valence-electron chi connectivity index (χ1n) is 12.5. The monoisotopic (exact) mass is 551 g/mol. The lowest BCUT2D eigenvalue weighted by molar-refractivity contribution is 0.106. The standard InChI is InChI=1S/C28H31Cl2N7O/c1-27(2,3)15-33-24-17(12-31)13-32-25-20(24)10-18(11-22(25)30)34-26(19-6-4-5-7-21(19)29)23-14-37(36-35-23)28(16-38)8-9-28/h4-7,10-11,13-14,26,34-36,38H,8-9,15-16H2,1-3H3,(H,32,33). The molecule has 10 heteroatoms. The smallest absolute Gasteiger partial charge is 0.103 e. The summed E-state index contributed by atoms with van der Waals surface area (Å²) in [5.74, 6) is 0. The quantitative estimate of drug-likeness (QED) is 0.242. The van der Waals surface area contributed by atoms with Gasteiger partial charge in [0, 0.05) is 35.0 Å². The highest BCUT2D eigenvalue weighted by Crippen LogP contribution is 2.43. The second-order valence-corrected chi connectivity index (χ2v) is 11.9. The lowest BCUT2D eigenvalue weighted by Gasteiger charge is -2.24. The number of halogens is 2. The summed E-state index contributed by atoms with van der Waals surface area (Å²) in [5.41, 5.74) is 10.4. The maximum Gasteiger partial charge on any atom is 0.103 e. The van der Waals surface area contributed by atoms with E-state index in [1.165, 1.54) is 0 Å². The maximum absolute atomic E-state index is 9.91. The Balaban J connectivity index is 1.57. The molecule has 2 heterocycles. The molecule has 0 radical (unpaired) electrons. The first-order chi connectivity index (χ1) is 18.1. The van der Waals surface area contributed by atoms with Crippen LogP contribution in [-0.4, -0.2) is 33.8 Å². The number of nitrogens with one attached hydrogen (secondary N) is 4. The van der Waals surface area contributed by atoms with E-state index in [0.29, 0.717) is 33.4 Å². The summed E-state index contributed by atoms with van der Waals surface area (Å²) in [6, 6.07) is 13.3. The summed E-state index contributed by atoms with van der Waals surface area (Å²) < 4.78 is 0. The molecule has 1 saturated carbocycles. The third-order valence-electron chi connectivity index (χ3n) is 6.90. The van der Waals surface area contributed by atoms with Crippen molar-refractivity contribution in [3.8, 4) is 6.07 Å². The van der Waals surface area contributed by atoms with E-state index in [2.05, 4.69) is 53.4 Å². The van der Waals surface area contributed by atoms with Crippen LogP contribution in [0.3, 0.4) is 0 Å². The largest absolute Gasteiger partial charge is 0.394 e. The minimum atomic E-state index is -0.359. The Labute approximate surface area is 232 Å². The lowest BCUT2D eigenvalue weighted by atomic mass is 9.96. The van der Waals surface area contributed by atoms with E-state index in [0.717, 1.165) is 35.2 Å². The van der Waals surface area contributed by atoms with Gasteiger partial charge in [-0.2, -0.15) is 5.26 Å². The second kappa shape index (κ2) is 10.2. The molecule has 5 N–H and O–H groups in total. The molecule has 1 fully saturated rings. The number of aliphatic hydroxyl groups is 1. The molecule has 0 amide bonds. The van der Waals surface area contributed by atoms with Crippen molar-refractivity contribution in [2.45, 2.75) is 45.2 Å². The number of aromatic nitrogens is 1. The number of pyridine rings is 1. The molecule has 1 aliphatic carbocycles. The van der Waals surface area contributed by atoms with Crippen LogP contribution in [0.1, 0.15) is 50.8 Å². The molecule has 1 unspecified atom stereocenters. The minimum Gasteiger partial charge on any atom is -0.394 e. The van der Waals surface area contributed by atoms with Crippen LogP contribution in [0.25, 0.3) is 10.9 Å². The van der Waals surface area contributed by atoms with E-state index in [1.807, 2.05) is 47.6 Å². The third kappa shape index (κ3) is 5.20. The van der Waals surface area contributed by atoms with Gasteiger partial charge in [-0.25, -0.2) is 0 Å². The third-order valence-corrected chi connectivity index (χ3v) is 7.53. The van der Waals surface area contributed by atoms with Crippen LogP contribution in [0.5, 0.6) is 0 Å². The molecule has 8 nitrogen and oxygen atoms in total. The molecule has 3 aromatic rings. The number of nitrogens with zero attached hydrogens (tertiary/aromatic N) is 3. The van der Waals surface area contributed by atoms with Gasteiger partial charge < -0.3 is 21.2 Å². The SMILES string of the molecule is CC(C)(C)CNc1c(C#N)cnc2c(Cl)cc(NC(C3=CN(C4(CO)CC4)NN3)c3ccccc3Cl)cc12. The van der Waals surface area contributed by atoms with Gasteiger partial charge in [0.05, 0.1) is 45.7 Å². The summed E-state index contributed by atoms with van der Waals surface area (Å²) in [4.78, 5) is 4.47. The van der Waals surface area contributed by atoms with Gasteiger partial charge in [0.2, 0.25) is 0 Å². The van der Waals surface area contributed by atoms with Crippen molar-refractivity contribution >= 4 is 45.5 Å². The lowest BCUT2D eigenvalue weighted by Crippen LogP contribution is -2.46. The van der Waals surface area contributed by atoms with Crippen molar-refractivity contribution in [3.05, 3.63) is 75.7 Å². The zero-order valence-electron chi connectivity index (χ0n) is 21.6. The number of benzene rings is 2. The number of nitriles is 1. The average molecular weight is 553 g/mol. The zero-order valence-corrected chi connectivity index (χ0v) is 23.1. The summed E-state index contributed by atoms with van der Waals surface area (Å²) in [6.45, 7) is 7.13. The Morgan fingerprint density at radius 1 is 1.21 bits per heavy atom. The average Bonchev–Trinajstić information content (AvgIpc) is 3.53. The number of aliphatic hydroxyl groups excluding tert-OH is 1. The van der Waals surface area contributed by atoms with Crippen LogP contribution >= 0.6 is 23.2 Å². The molecule has 1 aromatic heterocycles. The molecule has 1 aliphatic heterocycles. The van der Waals surface area contributed by atoms with Crippen LogP contribution in [0.4, 0.5) is 11.4 Å². The first kappa shape index (κ1) is 26.4. The summed E-state index contributed by atoms with van der Waals surface area (Å²) >= 11 is 13.4. The van der Waals surface area contributed by atoms with Crippen molar-refractivity contribution in [2.75, 3.05) is 23.8 Å². The van der Waals surface area contributed by atoms with Gasteiger partial charge in [-0.1, -0.05) is 62.2 Å². The predicted molar refractivity (Wildman–Crippen MR) is 152 cm³/mol. The molecular weight excluding hydrogens is 521 g/mol. The van der Waals surface area contributed by atoms with Crippen LogP contribution in [0, 0.1) is 16.7 Å². The van der Waals surface area contributed by atoms with Crippen LogP contribution in [0.2, 0.25) is 10.0 Å². The van der Waals surface area contributed by atoms with Gasteiger partial charge in [-0.3, -0.25) is 9.99 Å². The first-order valence-corrected chi connectivity index (χ1v) is 13.3. The zero-order chi connectivity index (χ0) is 27.1. The van der Waals surface area contributed by atoms with Gasteiger partial charge in [0.25, 0.3) is 0 Å². The number of fused-ring (bicyclic) bond motifs is 1. The Morgan fingerprint density at radius 3 is 2.63 bits per heavy atom. The molecule has 0 spiro atoms. The molecule has 198 valence electrons. The summed E-state index contributed by atoms with van der Waals surface area (Å²) in [6.07, 6.45) is 5.34. The highest BCUT2D eigenvalue weighted by Gasteiger charge is 2.48. The fraction of sp³-hybridized carbons (Fsp3) is 0.357. The molecule has 0 saturated heterocycles. The Bertz CT molecular complexity index is 1440. The number of hydrazine groups is 2. The summed E-state index contributed by atoms with van der Waals surface area (Å²) in [7, 11) is 0. The van der Waals surface area contributed by atoms with Crippen LogP contribution in [0.15, 0.2) is 54.5 Å². The van der Waals surface area contributed by atoms with E-state index in [4.69, 9.17) is 23.2 Å². The molecule has 2 aliphatic rings. The van der Waals surface area contributed by atoms with E-state index < -0.39 is 0 Å². The minimum absolute atomic E-state index is 0.00408. The molecule has 5 rings (SSSR count). The number of hydrogen-bond donors (Lipinski definition) is 5. The van der Waals surface area contributed by atoms with E-state index in [-0.39, 0.29) is 23.6 Å². The van der Waals surface area contributed by atoms with Crippen LogP contribution in [-0.2, 0) is 0 Å². The van der Waals surface area contributed by atoms with E-state index in [9.17, 15) is 10.4 Å². The van der Waals surface area contributed by atoms with Crippen molar-refractivity contribution in [3.63, 3.8) is 0 Å². The normalized spacial score (nSPS) is 17.0. The predicted octanol–water partition coefficient (Wildman–Crippen LogP) is 5.72. The topological polar surface area (TPSA) is 108 Å². The van der Waals surface area contributed by atoms with Crippen LogP contribution < -0.4 is 21.6 Å².